The molecule has 63 heavy (non-hydrogen) atoms. The molecule has 1 aliphatic carbocycles. The van der Waals surface area contributed by atoms with Crippen LogP contribution in [0, 0.1) is 0 Å². The number of carbonyl (C=O) groups excluding carboxylic acids is 1. The summed E-state index contributed by atoms with van der Waals surface area (Å²) in [6.07, 6.45) is 5.29. The minimum atomic E-state index is -0.439. The summed E-state index contributed by atoms with van der Waals surface area (Å²) in [7, 11) is 11.8. The fraction of sp³-hybridized carbons (Fsp3) is 0.667. The number of nitrogens with zero attached hydrogens (tertiary/aromatic N) is 8. The maximum Gasteiger partial charge on any atom is 2.00 e. The molecule has 0 amide bonds. The number of pyridine rings is 2. The Kier molecular flexibility index (Phi) is 21.7. The fourth-order valence-electron chi connectivity index (χ4n) is 8.05. The number of hydrogen-bond donors (Lipinski definition) is 4. The third-order valence-corrected chi connectivity index (χ3v) is 11.3. The number of aromatic nitrogens is 2. The van der Waals surface area contributed by atoms with E-state index in [-0.39, 0.29) is 61.1 Å². The number of aromatic hydroxyl groups is 1. The van der Waals surface area contributed by atoms with Crippen LogP contribution in [0.1, 0.15) is 51.4 Å². The number of nitrogens with one attached hydrogen (secondary N) is 3. The molecule has 1 saturated heterocycles. The number of carbonyl (C=O) groups is 1. The summed E-state index contributed by atoms with van der Waals surface area (Å²) in [4.78, 5) is 67.1. The van der Waals surface area contributed by atoms with Gasteiger partial charge in [-0.2, -0.15) is 0 Å². The SMILES string of the molecule is CN(C)CCCN=c1cc2c(=O)n(CCCN(C)C)c(=O)c3c(NCCCCCC(=O)OCC4C[N-]CCNCCC[N-]CCN4)cc4c(O)n(CCCN(C)C)c(=O)c1c4c3-2.[Cu+2]. The zero-order valence-corrected chi connectivity index (χ0v) is 39.3. The third-order valence-electron chi connectivity index (χ3n) is 11.3. The van der Waals surface area contributed by atoms with Gasteiger partial charge in [0, 0.05) is 60.7 Å². The molecule has 4 N–H and O–H groups in total. The molecule has 1 radical (unpaired) electrons. The Hall–Kier alpha value is -3.71. The topological polar surface area (TPSA) is 194 Å². The normalized spacial score (nSPS) is 16.2. The Morgan fingerprint density at radius 2 is 1.49 bits per heavy atom. The predicted molar refractivity (Wildman–Crippen MR) is 250 cm³/mol. The summed E-state index contributed by atoms with van der Waals surface area (Å²) in [5, 5.41) is 33.1. The van der Waals surface area contributed by atoms with Gasteiger partial charge in [-0.1, -0.05) is 12.8 Å². The molecule has 0 bridgehead atoms. The number of anilines is 1. The minimum Gasteiger partial charge on any atom is -0.661 e. The quantitative estimate of drug-likeness (QED) is 0.0414. The van der Waals surface area contributed by atoms with Crippen LogP contribution < -0.4 is 38.0 Å². The Morgan fingerprint density at radius 1 is 0.810 bits per heavy atom. The van der Waals surface area contributed by atoms with Gasteiger partial charge < -0.3 is 51.1 Å². The first-order valence-corrected chi connectivity index (χ1v) is 22.5. The molecule has 18 heteroatoms. The summed E-state index contributed by atoms with van der Waals surface area (Å²) in [6.45, 7) is 9.15. The van der Waals surface area contributed by atoms with E-state index in [2.05, 4.69) is 31.5 Å². The summed E-state index contributed by atoms with van der Waals surface area (Å²) in [5.41, 5.74) is -0.137. The zero-order chi connectivity index (χ0) is 44.6. The molecule has 1 unspecified atom stereocenters. The molecule has 1 fully saturated rings. The van der Waals surface area contributed by atoms with Crippen molar-refractivity contribution in [3.8, 4) is 17.0 Å². The molecule has 2 aromatic rings. The molecule has 2 aliphatic heterocycles. The van der Waals surface area contributed by atoms with E-state index in [9.17, 15) is 24.3 Å². The second kappa shape index (κ2) is 26.3. The molecule has 353 valence electrons. The molecule has 1 aromatic heterocycles. The summed E-state index contributed by atoms with van der Waals surface area (Å²) in [6, 6.07) is 3.37. The van der Waals surface area contributed by atoms with Gasteiger partial charge in [-0.3, -0.25) is 33.3 Å². The van der Waals surface area contributed by atoms with Crippen LogP contribution in [0.4, 0.5) is 5.69 Å². The predicted octanol–water partition coefficient (Wildman–Crippen LogP) is 2.33. The van der Waals surface area contributed by atoms with Gasteiger partial charge in [0.2, 0.25) is 5.88 Å². The van der Waals surface area contributed by atoms with Crippen LogP contribution in [0.3, 0.4) is 0 Å². The van der Waals surface area contributed by atoms with E-state index in [0.717, 1.165) is 52.0 Å². The molecule has 0 saturated carbocycles. The van der Waals surface area contributed by atoms with E-state index in [1.807, 2.05) is 52.1 Å². The van der Waals surface area contributed by atoms with E-state index < -0.39 is 16.7 Å². The average Bonchev–Trinajstić information content (AvgIpc) is 3.25. The van der Waals surface area contributed by atoms with Crippen LogP contribution in [0.5, 0.6) is 5.88 Å². The van der Waals surface area contributed by atoms with Crippen molar-refractivity contribution >= 4 is 33.2 Å². The molecule has 3 aliphatic rings. The molecule has 5 rings (SSSR count). The third kappa shape index (κ3) is 14.6. The van der Waals surface area contributed by atoms with Gasteiger partial charge in [-0.15, -0.1) is 26.2 Å². The molecule has 3 heterocycles. The van der Waals surface area contributed by atoms with Gasteiger partial charge in [0.1, 0.15) is 6.61 Å². The standard InChI is InChI=1S/C45H71N11O6.Cu/c1-52(2)23-11-18-51-36-29-34-38-39-33(42(58)56(45(61)41(36)39)27-13-25-54(5)6)28-35(40(38)44(60)55(43(34)59)26-12-24-53(3)4)50-17-9-7-8-14-37(57)62-31-32-30-48-20-19-46-15-10-16-47-21-22-49-32;/h28-29,32,46,49-50,58H,7-27,30-31H2,1-6H3;/q-2;+2. The molecule has 1 atom stereocenters. The van der Waals surface area contributed by atoms with E-state index in [1.165, 1.54) is 9.13 Å². The number of benzene rings is 2. The van der Waals surface area contributed by atoms with Crippen molar-refractivity contribution in [2.24, 2.45) is 4.99 Å². The smallest absolute Gasteiger partial charge is 0.661 e. The number of hydrogen-bond acceptors (Lipinski definition) is 13. The van der Waals surface area contributed by atoms with Gasteiger partial charge >= 0.3 is 23.0 Å². The van der Waals surface area contributed by atoms with Crippen molar-refractivity contribution in [1.82, 2.24) is 34.5 Å². The zero-order valence-electron chi connectivity index (χ0n) is 38.4. The van der Waals surface area contributed by atoms with Gasteiger partial charge in [0.15, 0.2) is 0 Å². The Balaban J connectivity index is 0.00000871. The van der Waals surface area contributed by atoms with Crippen LogP contribution in [-0.4, -0.2) is 168 Å². The minimum absolute atomic E-state index is 0. The first kappa shape index (κ1) is 51.9. The maximum absolute atomic E-state index is 14.5. The van der Waals surface area contributed by atoms with E-state index in [0.29, 0.717) is 115 Å². The van der Waals surface area contributed by atoms with Crippen LogP contribution in [-0.2, 0) is 39.7 Å². The second-order valence-electron chi connectivity index (χ2n) is 17.3. The first-order valence-electron chi connectivity index (χ1n) is 22.5. The molecule has 17 nitrogen and oxygen atoms in total. The van der Waals surface area contributed by atoms with Crippen LogP contribution >= 0.6 is 0 Å². The van der Waals surface area contributed by atoms with Crippen LogP contribution in [0.25, 0.3) is 43.3 Å². The van der Waals surface area contributed by atoms with Crippen molar-refractivity contribution in [3.05, 3.63) is 59.2 Å². The molecule has 1 aromatic carbocycles. The molecular formula is C45H71CuN11O6. The van der Waals surface area contributed by atoms with Crippen molar-refractivity contribution in [1.29, 1.82) is 0 Å². The number of ether oxygens (including phenoxy) is 1. The van der Waals surface area contributed by atoms with Gasteiger partial charge in [-0.25, -0.2) is 0 Å². The van der Waals surface area contributed by atoms with Crippen LogP contribution in [0.2, 0.25) is 0 Å². The number of esters is 1. The summed E-state index contributed by atoms with van der Waals surface area (Å²) < 4.78 is 8.35. The van der Waals surface area contributed by atoms with Crippen molar-refractivity contribution < 1.29 is 31.7 Å². The monoisotopic (exact) mass is 924 g/mol. The van der Waals surface area contributed by atoms with E-state index in [1.54, 1.807) is 12.1 Å². The van der Waals surface area contributed by atoms with Crippen molar-refractivity contribution in [2.75, 3.05) is 133 Å². The second-order valence-corrected chi connectivity index (χ2v) is 17.3. The van der Waals surface area contributed by atoms with Gasteiger partial charge in [0.05, 0.1) is 21.7 Å². The molecule has 0 spiro atoms. The Bertz CT molecular complexity index is 2220. The van der Waals surface area contributed by atoms with Crippen LogP contribution in [0.15, 0.2) is 31.5 Å². The largest absolute Gasteiger partial charge is 2.00 e. The van der Waals surface area contributed by atoms with Gasteiger partial charge in [0.25, 0.3) is 16.7 Å². The molecular weight excluding hydrogens is 854 g/mol. The van der Waals surface area contributed by atoms with Crippen molar-refractivity contribution in [2.45, 2.75) is 70.5 Å². The Labute approximate surface area is 382 Å². The summed E-state index contributed by atoms with van der Waals surface area (Å²) in [5.74, 6) is -0.458. The fourth-order valence-corrected chi connectivity index (χ4v) is 8.05. The number of rotatable bonds is 21. The van der Waals surface area contributed by atoms with E-state index in [4.69, 9.17) is 9.73 Å². The number of unbranched alkanes of at least 4 members (excludes halogenated alkanes) is 2. The maximum atomic E-state index is 14.5. The first-order chi connectivity index (χ1) is 29.9. The Morgan fingerprint density at radius 3 is 2.22 bits per heavy atom. The van der Waals surface area contributed by atoms with E-state index >= 15 is 0 Å². The van der Waals surface area contributed by atoms with Gasteiger partial charge in [-0.05, 0) is 126 Å². The average molecular weight is 926 g/mol. The summed E-state index contributed by atoms with van der Waals surface area (Å²) >= 11 is 0. The van der Waals surface area contributed by atoms with Crippen molar-refractivity contribution in [3.63, 3.8) is 0 Å².